The van der Waals surface area contributed by atoms with Crippen LogP contribution in [-0.2, 0) is 0 Å². The van der Waals surface area contributed by atoms with Crippen LogP contribution < -0.4 is 5.73 Å². The molecule has 1 unspecified atom stereocenters. The number of nitrogen functional groups attached to an aromatic ring is 1. The Hall–Kier alpha value is -1.03. The number of hydrogen-bond acceptors (Lipinski definition) is 2. The van der Waals surface area contributed by atoms with Crippen LogP contribution in [-0.4, -0.2) is 23.4 Å². The molecule has 104 valence electrons. The summed E-state index contributed by atoms with van der Waals surface area (Å²) < 4.78 is 0.908. The maximum atomic E-state index is 12.6. The average Bonchev–Trinajstić information content (AvgIpc) is 2.39. The van der Waals surface area contributed by atoms with Crippen LogP contribution in [0.1, 0.15) is 49.4 Å². The van der Waals surface area contributed by atoms with Gasteiger partial charge in [-0.15, -0.1) is 0 Å². The summed E-state index contributed by atoms with van der Waals surface area (Å²) in [6.45, 7) is 3.03. The normalized spacial score (nSPS) is 19.5. The molecule has 1 aliphatic heterocycles. The lowest BCUT2D eigenvalue weighted by Gasteiger charge is -2.36. The number of anilines is 1. The van der Waals surface area contributed by atoms with Crippen molar-refractivity contribution < 1.29 is 4.79 Å². The van der Waals surface area contributed by atoms with E-state index in [0.29, 0.717) is 17.3 Å². The third kappa shape index (κ3) is 3.30. The van der Waals surface area contributed by atoms with Gasteiger partial charge in [-0.25, -0.2) is 0 Å². The van der Waals surface area contributed by atoms with Crippen molar-refractivity contribution >= 4 is 27.5 Å². The lowest BCUT2D eigenvalue weighted by Crippen LogP contribution is -2.43. The minimum Gasteiger partial charge on any atom is -0.398 e. The SMILES string of the molecule is CCCC1CCCCN1C(=O)c1ccc(Br)cc1N. The van der Waals surface area contributed by atoms with E-state index in [1.807, 2.05) is 17.0 Å². The van der Waals surface area contributed by atoms with Crippen molar-refractivity contribution in [2.24, 2.45) is 0 Å². The molecule has 1 aromatic carbocycles. The second-order valence-corrected chi connectivity index (χ2v) is 6.08. The van der Waals surface area contributed by atoms with Gasteiger partial charge in [0.2, 0.25) is 0 Å². The number of rotatable bonds is 3. The van der Waals surface area contributed by atoms with Crippen LogP contribution in [0.15, 0.2) is 22.7 Å². The molecule has 19 heavy (non-hydrogen) atoms. The Kier molecular flexibility index (Phi) is 4.86. The highest BCUT2D eigenvalue weighted by Crippen LogP contribution is 2.26. The number of halogens is 1. The molecule has 3 nitrogen and oxygen atoms in total. The summed E-state index contributed by atoms with van der Waals surface area (Å²) in [4.78, 5) is 14.7. The Bertz CT molecular complexity index is 459. The van der Waals surface area contributed by atoms with E-state index in [4.69, 9.17) is 5.73 Å². The van der Waals surface area contributed by atoms with Gasteiger partial charge in [0.25, 0.3) is 5.91 Å². The van der Waals surface area contributed by atoms with Crippen molar-refractivity contribution in [1.29, 1.82) is 0 Å². The van der Waals surface area contributed by atoms with E-state index in [0.717, 1.165) is 36.7 Å². The summed E-state index contributed by atoms with van der Waals surface area (Å²) in [5, 5.41) is 0. The standard InChI is InChI=1S/C15H21BrN2O/c1-2-5-12-6-3-4-9-18(12)15(19)13-8-7-11(16)10-14(13)17/h7-8,10,12H,2-6,9,17H2,1H3. The monoisotopic (exact) mass is 324 g/mol. The minimum atomic E-state index is 0.0863. The van der Waals surface area contributed by atoms with Crippen LogP contribution in [0.5, 0.6) is 0 Å². The van der Waals surface area contributed by atoms with Crippen molar-refractivity contribution in [3.05, 3.63) is 28.2 Å². The number of benzene rings is 1. The molecule has 2 rings (SSSR count). The zero-order valence-corrected chi connectivity index (χ0v) is 12.9. The molecule has 1 atom stereocenters. The summed E-state index contributed by atoms with van der Waals surface area (Å²) >= 11 is 3.37. The smallest absolute Gasteiger partial charge is 0.256 e. The molecule has 0 bridgehead atoms. The molecule has 1 heterocycles. The molecule has 1 aromatic rings. The number of piperidine rings is 1. The van der Waals surface area contributed by atoms with Crippen molar-refractivity contribution in [1.82, 2.24) is 4.90 Å². The zero-order chi connectivity index (χ0) is 13.8. The molecule has 0 saturated carbocycles. The molecular formula is C15H21BrN2O. The fourth-order valence-electron chi connectivity index (χ4n) is 2.78. The first-order valence-corrected chi connectivity index (χ1v) is 7.78. The lowest BCUT2D eigenvalue weighted by atomic mass is 9.97. The molecule has 0 radical (unpaired) electrons. The number of carbonyl (C=O) groups excluding carboxylic acids is 1. The molecule has 1 fully saturated rings. The molecule has 1 aliphatic rings. The van der Waals surface area contributed by atoms with Gasteiger partial charge in [0, 0.05) is 22.7 Å². The topological polar surface area (TPSA) is 46.3 Å². The second-order valence-electron chi connectivity index (χ2n) is 5.17. The quantitative estimate of drug-likeness (QED) is 0.859. The second kappa shape index (κ2) is 6.42. The molecule has 0 aromatic heterocycles. The van der Waals surface area contributed by atoms with Gasteiger partial charge in [-0.3, -0.25) is 4.79 Å². The Labute approximate surface area is 123 Å². The van der Waals surface area contributed by atoms with Gasteiger partial charge in [-0.05, 0) is 43.9 Å². The Balaban J connectivity index is 2.21. The first-order chi connectivity index (χ1) is 9.13. The molecule has 2 N–H and O–H groups in total. The van der Waals surface area contributed by atoms with Crippen molar-refractivity contribution in [2.45, 2.75) is 45.1 Å². The third-order valence-corrected chi connectivity index (χ3v) is 4.25. The van der Waals surface area contributed by atoms with E-state index in [2.05, 4.69) is 22.9 Å². The van der Waals surface area contributed by atoms with Crippen molar-refractivity contribution in [2.75, 3.05) is 12.3 Å². The van der Waals surface area contributed by atoms with Gasteiger partial charge < -0.3 is 10.6 Å². The number of hydrogen-bond donors (Lipinski definition) is 1. The van der Waals surface area contributed by atoms with Gasteiger partial charge in [-0.2, -0.15) is 0 Å². The molecule has 0 aliphatic carbocycles. The minimum absolute atomic E-state index is 0.0863. The van der Waals surface area contributed by atoms with Gasteiger partial charge in [-0.1, -0.05) is 29.3 Å². The highest BCUT2D eigenvalue weighted by molar-refractivity contribution is 9.10. The zero-order valence-electron chi connectivity index (χ0n) is 11.4. The molecular weight excluding hydrogens is 304 g/mol. The highest BCUT2D eigenvalue weighted by atomic mass is 79.9. The van der Waals surface area contributed by atoms with Crippen molar-refractivity contribution in [3.63, 3.8) is 0 Å². The Morgan fingerprint density at radius 3 is 2.95 bits per heavy atom. The fraction of sp³-hybridized carbons (Fsp3) is 0.533. The Morgan fingerprint density at radius 1 is 1.47 bits per heavy atom. The fourth-order valence-corrected chi connectivity index (χ4v) is 3.16. The molecule has 0 spiro atoms. The number of carbonyl (C=O) groups is 1. The van der Waals surface area contributed by atoms with E-state index in [-0.39, 0.29) is 5.91 Å². The maximum Gasteiger partial charge on any atom is 0.256 e. The summed E-state index contributed by atoms with van der Waals surface area (Å²) in [5.74, 6) is 0.0863. The maximum absolute atomic E-state index is 12.6. The number of amides is 1. The molecule has 1 saturated heterocycles. The van der Waals surface area contributed by atoms with Gasteiger partial charge in [0.05, 0.1) is 5.56 Å². The van der Waals surface area contributed by atoms with Gasteiger partial charge in [0.1, 0.15) is 0 Å². The molecule has 1 amide bonds. The predicted octanol–water partition coefficient (Wildman–Crippen LogP) is 3.83. The number of nitrogens with two attached hydrogens (primary N) is 1. The summed E-state index contributed by atoms with van der Waals surface area (Å²) in [5.41, 5.74) is 7.16. The molecule has 4 heteroatoms. The number of likely N-dealkylation sites (tertiary alicyclic amines) is 1. The van der Waals surface area contributed by atoms with Crippen LogP contribution in [0.4, 0.5) is 5.69 Å². The van der Waals surface area contributed by atoms with E-state index in [1.54, 1.807) is 6.07 Å². The first kappa shape index (κ1) is 14.4. The van der Waals surface area contributed by atoms with Crippen molar-refractivity contribution in [3.8, 4) is 0 Å². The highest BCUT2D eigenvalue weighted by Gasteiger charge is 2.27. The van der Waals surface area contributed by atoms with E-state index >= 15 is 0 Å². The van der Waals surface area contributed by atoms with Gasteiger partial charge >= 0.3 is 0 Å². The lowest BCUT2D eigenvalue weighted by molar-refractivity contribution is 0.0602. The van der Waals surface area contributed by atoms with Crippen LogP contribution >= 0.6 is 15.9 Å². The van der Waals surface area contributed by atoms with Crippen LogP contribution in [0.2, 0.25) is 0 Å². The largest absolute Gasteiger partial charge is 0.398 e. The van der Waals surface area contributed by atoms with Crippen LogP contribution in [0.25, 0.3) is 0 Å². The summed E-state index contributed by atoms with van der Waals surface area (Å²) in [6, 6.07) is 5.88. The van der Waals surface area contributed by atoms with E-state index in [9.17, 15) is 4.79 Å². The summed E-state index contributed by atoms with van der Waals surface area (Å²) in [7, 11) is 0. The van der Waals surface area contributed by atoms with Crippen LogP contribution in [0.3, 0.4) is 0 Å². The Morgan fingerprint density at radius 2 is 2.26 bits per heavy atom. The van der Waals surface area contributed by atoms with Gasteiger partial charge in [0.15, 0.2) is 0 Å². The average molecular weight is 325 g/mol. The number of nitrogens with zero attached hydrogens (tertiary/aromatic N) is 1. The third-order valence-electron chi connectivity index (χ3n) is 3.75. The summed E-state index contributed by atoms with van der Waals surface area (Å²) in [6.07, 6.45) is 5.65. The first-order valence-electron chi connectivity index (χ1n) is 6.99. The predicted molar refractivity (Wildman–Crippen MR) is 82.1 cm³/mol. The van der Waals surface area contributed by atoms with Crippen LogP contribution in [0, 0.1) is 0 Å². The van der Waals surface area contributed by atoms with E-state index < -0.39 is 0 Å². The van der Waals surface area contributed by atoms with E-state index in [1.165, 1.54) is 6.42 Å².